The van der Waals surface area contributed by atoms with E-state index in [0.717, 1.165) is 5.56 Å². The Morgan fingerprint density at radius 3 is 2.65 bits per heavy atom. The zero-order valence-corrected chi connectivity index (χ0v) is 19.1. The van der Waals surface area contributed by atoms with Gasteiger partial charge in [0.15, 0.2) is 23.0 Å². The summed E-state index contributed by atoms with van der Waals surface area (Å²) in [6, 6.07) is 16.1. The Morgan fingerprint density at radius 2 is 1.84 bits per heavy atom. The predicted octanol–water partition coefficient (Wildman–Crippen LogP) is 2.67. The molecule has 0 saturated heterocycles. The summed E-state index contributed by atoms with van der Waals surface area (Å²) in [6.45, 7) is 7.56. The third-order valence-electron chi connectivity index (χ3n) is 5.61. The van der Waals surface area contributed by atoms with Gasteiger partial charge in [-0.2, -0.15) is 4.52 Å². The molecule has 0 radical (unpaired) electrons. The van der Waals surface area contributed by atoms with Gasteiger partial charge in [-0.15, -0.1) is 10.2 Å². The number of nitrogens with zero attached hydrogens (tertiary/aromatic N) is 11. The Labute approximate surface area is 209 Å². The minimum Gasteiger partial charge on any atom is -0.399 e. The second-order valence-electron chi connectivity index (χ2n) is 8.00. The van der Waals surface area contributed by atoms with Crippen molar-refractivity contribution in [3.63, 3.8) is 0 Å². The van der Waals surface area contributed by atoms with E-state index < -0.39 is 0 Å². The number of hydrogen-bond donors (Lipinski definition) is 2. The van der Waals surface area contributed by atoms with Gasteiger partial charge in [0.05, 0.1) is 23.5 Å². The Balaban J connectivity index is 1.51. The highest BCUT2D eigenvalue weighted by atomic mass is 15.5. The Kier molecular flexibility index (Phi) is 5.16. The number of anilines is 2. The maximum absolute atomic E-state index is 7.39. The van der Waals surface area contributed by atoms with Crippen LogP contribution in [0.2, 0.25) is 0 Å². The lowest BCUT2D eigenvalue weighted by Crippen LogP contribution is -2.07. The second-order valence-corrected chi connectivity index (χ2v) is 8.00. The number of hydrogen-bond acceptors (Lipinski definition) is 10. The summed E-state index contributed by atoms with van der Waals surface area (Å²) in [7, 11) is 0. The van der Waals surface area contributed by atoms with Crippen LogP contribution in [-0.2, 0) is 6.54 Å². The van der Waals surface area contributed by atoms with Crippen molar-refractivity contribution in [1.82, 2.24) is 49.8 Å². The molecule has 2 aromatic carbocycles. The van der Waals surface area contributed by atoms with Crippen molar-refractivity contribution in [3.05, 3.63) is 84.4 Å². The first-order valence-electron chi connectivity index (χ1n) is 11.0. The zero-order chi connectivity index (χ0) is 25.4. The first-order valence-corrected chi connectivity index (χ1v) is 11.0. The second kappa shape index (κ2) is 8.78. The molecule has 4 aromatic heterocycles. The van der Waals surface area contributed by atoms with Gasteiger partial charge in [-0.05, 0) is 40.3 Å². The molecule has 0 spiro atoms. The SMILES string of the molecule is [C-]#[N+]c1cccc(-c2nc(N)n3nc(Cn4nnnc4-c4cccc(N)c4)nc3c2-c2ccncn2)c1. The lowest BCUT2D eigenvalue weighted by Gasteiger charge is -2.11. The fraction of sp³-hybridized carbons (Fsp3) is 0.0417. The van der Waals surface area contributed by atoms with E-state index in [0.29, 0.717) is 51.2 Å². The van der Waals surface area contributed by atoms with E-state index in [-0.39, 0.29) is 12.5 Å². The van der Waals surface area contributed by atoms with E-state index in [1.807, 2.05) is 18.2 Å². The summed E-state index contributed by atoms with van der Waals surface area (Å²) in [6.07, 6.45) is 3.07. The average Bonchev–Trinajstić information content (AvgIpc) is 3.57. The van der Waals surface area contributed by atoms with Crippen LogP contribution < -0.4 is 11.5 Å². The maximum atomic E-state index is 7.39. The van der Waals surface area contributed by atoms with Gasteiger partial charge in [0.1, 0.15) is 12.9 Å². The number of rotatable bonds is 5. The van der Waals surface area contributed by atoms with E-state index in [1.54, 1.807) is 47.3 Å². The van der Waals surface area contributed by atoms with Crippen molar-refractivity contribution in [2.24, 2.45) is 0 Å². The van der Waals surface area contributed by atoms with Crippen LogP contribution in [0.5, 0.6) is 0 Å². The molecule has 178 valence electrons. The molecule has 0 fully saturated rings. The summed E-state index contributed by atoms with van der Waals surface area (Å²) in [4.78, 5) is 21.4. The monoisotopic (exact) mass is 487 g/mol. The van der Waals surface area contributed by atoms with E-state index >= 15 is 0 Å². The van der Waals surface area contributed by atoms with Crippen molar-refractivity contribution in [3.8, 4) is 33.9 Å². The summed E-state index contributed by atoms with van der Waals surface area (Å²) in [5, 5.41) is 16.6. The molecule has 0 aliphatic rings. The van der Waals surface area contributed by atoms with Gasteiger partial charge in [-0.25, -0.2) is 29.5 Å². The summed E-state index contributed by atoms with van der Waals surface area (Å²) >= 11 is 0. The smallest absolute Gasteiger partial charge is 0.223 e. The van der Waals surface area contributed by atoms with Crippen LogP contribution in [0, 0.1) is 6.57 Å². The molecule has 4 heterocycles. The molecule has 6 aromatic rings. The van der Waals surface area contributed by atoms with Crippen molar-refractivity contribution in [1.29, 1.82) is 0 Å². The number of nitrogens with two attached hydrogens (primary N) is 2. The Morgan fingerprint density at radius 1 is 0.973 bits per heavy atom. The minimum atomic E-state index is 0.127. The topological polar surface area (TPSA) is 169 Å². The van der Waals surface area contributed by atoms with Crippen molar-refractivity contribution in [2.75, 3.05) is 11.5 Å². The molecule has 0 unspecified atom stereocenters. The lowest BCUT2D eigenvalue weighted by molar-refractivity contribution is 0.628. The van der Waals surface area contributed by atoms with E-state index in [1.165, 1.54) is 10.8 Å². The number of aromatic nitrogens is 10. The molecule has 13 heteroatoms. The van der Waals surface area contributed by atoms with Crippen molar-refractivity contribution >= 4 is 23.0 Å². The van der Waals surface area contributed by atoms with Crippen LogP contribution in [0.15, 0.2) is 67.1 Å². The van der Waals surface area contributed by atoms with Gasteiger partial charge in [-0.1, -0.05) is 30.3 Å². The Hall–Kier alpha value is -5.77. The van der Waals surface area contributed by atoms with E-state index in [9.17, 15) is 0 Å². The lowest BCUT2D eigenvalue weighted by atomic mass is 10.0. The van der Waals surface area contributed by atoms with Crippen LogP contribution in [0.1, 0.15) is 5.82 Å². The fourth-order valence-electron chi connectivity index (χ4n) is 4.00. The number of benzene rings is 2. The number of nitrogen functional groups attached to an aromatic ring is 2. The molecule has 0 atom stereocenters. The molecular weight excluding hydrogens is 470 g/mol. The highest BCUT2D eigenvalue weighted by Crippen LogP contribution is 2.35. The van der Waals surface area contributed by atoms with Gasteiger partial charge in [0.2, 0.25) is 5.95 Å². The highest BCUT2D eigenvalue weighted by Gasteiger charge is 2.22. The first-order chi connectivity index (χ1) is 18.1. The number of fused-ring (bicyclic) bond motifs is 1. The minimum absolute atomic E-state index is 0.127. The van der Waals surface area contributed by atoms with E-state index in [4.69, 9.17) is 23.0 Å². The normalized spacial score (nSPS) is 11.0. The van der Waals surface area contributed by atoms with Gasteiger partial charge in [-0.3, -0.25) is 0 Å². The molecule has 0 aliphatic heterocycles. The molecule has 6 rings (SSSR count). The molecule has 0 aliphatic carbocycles. The standard InChI is InChI=1S/C24H17N13/c1-27-17-7-3-4-14(11-17)21-20(18-8-9-28-13-29-18)23-30-19(33-37(23)24(26)31-21)12-36-22(32-34-35-36)15-5-2-6-16(25)10-15/h2-11,13H,12,25H2,(H2,26,31). The third-order valence-corrected chi connectivity index (χ3v) is 5.61. The molecule has 0 amide bonds. The summed E-state index contributed by atoms with van der Waals surface area (Å²) in [5.74, 6) is 1.06. The van der Waals surface area contributed by atoms with Gasteiger partial charge < -0.3 is 11.5 Å². The van der Waals surface area contributed by atoms with Gasteiger partial charge in [0.25, 0.3) is 0 Å². The molecule has 0 bridgehead atoms. The van der Waals surface area contributed by atoms with Crippen LogP contribution in [0.3, 0.4) is 0 Å². The molecular formula is C24H17N13. The first kappa shape index (κ1) is 21.7. The number of tetrazole rings is 1. The molecule has 13 nitrogen and oxygen atoms in total. The van der Waals surface area contributed by atoms with Crippen LogP contribution >= 0.6 is 0 Å². The molecule has 4 N–H and O–H groups in total. The average molecular weight is 487 g/mol. The molecule has 37 heavy (non-hydrogen) atoms. The summed E-state index contributed by atoms with van der Waals surface area (Å²) < 4.78 is 3.04. The summed E-state index contributed by atoms with van der Waals surface area (Å²) in [5.41, 5.74) is 17.0. The van der Waals surface area contributed by atoms with Gasteiger partial charge in [0, 0.05) is 17.4 Å². The van der Waals surface area contributed by atoms with E-state index in [2.05, 4.69) is 40.4 Å². The van der Waals surface area contributed by atoms with Crippen LogP contribution in [0.25, 0.3) is 44.4 Å². The van der Waals surface area contributed by atoms with Crippen molar-refractivity contribution < 1.29 is 0 Å². The van der Waals surface area contributed by atoms with Crippen LogP contribution in [-0.4, -0.2) is 49.8 Å². The predicted molar refractivity (Wildman–Crippen MR) is 135 cm³/mol. The van der Waals surface area contributed by atoms with Crippen molar-refractivity contribution in [2.45, 2.75) is 6.54 Å². The van der Waals surface area contributed by atoms with Gasteiger partial charge >= 0.3 is 0 Å². The quantitative estimate of drug-likeness (QED) is 0.272. The third kappa shape index (κ3) is 3.94. The zero-order valence-electron chi connectivity index (χ0n) is 19.1. The highest BCUT2D eigenvalue weighted by molar-refractivity contribution is 5.89. The molecule has 0 saturated carbocycles. The fourth-order valence-corrected chi connectivity index (χ4v) is 4.00. The maximum Gasteiger partial charge on any atom is 0.223 e. The van der Waals surface area contributed by atoms with Crippen LogP contribution in [0.4, 0.5) is 17.3 Å². The largest absolute Gasteiger partial charge is 0.399 e. The Bertz CT molecular complexity index is 1800.